The summed E-state index contributed by atoms with van der Waals surface area (Å²) >= 11 is 0. The molecule has 0 atom stereocenters. The molecule has 0 fully saturated rings. The van der Waals surface area contributed by atoms with E-state index < -0.39 is 0 Å². The van der Waals surface area contributed by atoms with Gasteiger partial charge in [-0.1, -0.05) is 11.6 Å². The second kappa shape index (κ2) is 7.31. The first kappa shape index (κ1) is 17.1. The van der Waals surface area contributed by atoms with E-state index in [-0.39, 0.29) is 5.97 Å². The van der Waals surface area contributed by atoms with Crippen LogP contribution in [0.1, 0.15) is 43.7 Å². The average molecular weight is 315 g/mol. The van der Waals surface area contributed by atoms with Gasteiger partial charge in [-0.3, -0.25) is 0 Å². The predicted molar refractivity (Wildman–Crippen MR) is 94.7 cm³/mol. The van der Waals surface area contributed by atoms with E-state index in [1.54, 1.807) is 6.92 Å². The highest BCUT2D eigenvalue weighted by Crippen LogP contribution is 2.32. The van der Waals surface area contributed by atoms with Crippen LogP contribution in [0.15, 0.2) is 23.2 Å². The van der Waals surface area contributed by atoms with Crippen LogP contribution < -0.4 is 0 Å². The minimum Gasteiger partial charge on any atom is -0.461 e. The van der Waals surface area contributed by atoms with Crippen LogP contribution in [0.3, 0.4) is 0 Å². The lowest BCUT2D eigenvalue weighted by Crippen LogP contribution is -2.28. The predicted octanol–water partition coefficient (Wildman–Crippen LogP) is 4.04. The van der Waals surface area contributed by atoms with Crippen molar-refractivity contribution in [1.29, 1.82) is 0 Å². The third-order valence-electron chi connectivity index (χ3n) is 3.90. The molecular weight excluding hydrogens is 290 g/mol. The van der Waals surface area contributed by atoms with Crippen molar-refractivity contribution in [3.8, 4) is 0 Å². The Bertz CT molecular complexity index is 727. The fraction of sp³-hybridized carbons (Fsp3) is 0.444. The van der Waals surface area contributed by atoms with Gasteiger partial charge in [-0.15, -0.1) is 0 Å². The number of fused-ring (bicyclic) bond motifs is 1. The number of aliphatic imine (C=N–C) groups is 1. The Morgan fingerprint density at radius 2 is 1.96 bits per heavy atom. The van der Waals surface area contributed by atoms with E-state index in [1.165, 1.54) is 0 Å². The van der Waals surface area contributed by atoms with Gasteiger partial charge in [0.1, 0.15) is 11.5 Å². The summed E-state index contributed by atoms with van der Waals surface area (Å²) in [6.45, 7) is 12.1. The van der Waals surface area contributed by atoms with E-state index in [1.807, 2.05) is 32.0 Å². The number of carbonyl (C=O) groups is 1. The van der Waals surface area contributed by atoms with Crippen LogP contribution in [0, 0.1) is 6.92 Å². The van der Waals surface area contributed by atoms with Crippen molar-refractivity contribution < 1.29 is 9.53 Å². The largest absolute Gasteiger partial charge is 0.461 e. The SMILES string of the molecule is CCOC(=O)c1[nH]c2ccc(C)cc2c1N=C(C)N(CC)CC. The Labute approximate surface area is 137 Å². The lowest BCUT2D eigenvalue weighted by atomic mass is 10.1. The number of esters is 1. The molecule has 2 rings (SSSR count). The fourth-order valence-electron chi connectivity index (χ4n) is 2.67. The van der Waals surface area contributed by atoms with E-state index in [4.69, 9.17) is 9.73 Å². The second-order valence-corrected chi connectivity index (χ2v) is 5.45. The number of aromatic amines is 1. The summed E-state index contributed by atoms with van der Waals surface area (Å²) in [6, 6.07) is 6.03. The first-order valence-electron chi connectivity index (χ1n) is 8.11. The van der Waals surface area contributed by atoms with Crippen molar-refractivity contribution in [2.75, 3.05) is 19.7 Å². The molecular formula is C18H25N3O2. The summed E-state index contributed by atoms with van der Waals surface area (Å²) in [6.07, 6.45) is 0. The second-order valence-electron chi connectivity index (χ2n) is 5.45. The van der Waals surface area contributed by atoms with Crippen molar-refractivity contribution in [2.45, 2.75) is 34.6 Å². The number of hydrogen-bond donors (Lipinski definition) is 1. The molecule has 0 unspecified atom stereocenters. The van der Waals surface area contributed by atoms with E-state index in [2.05, 4.69) is 23.7 Å². The first-order chi connectivity index (χ1) is 11.0. The van der Waals surface area contributed by atoms with Crippen molar-refractivity contribution in [3.63, 3.8) is 0 Å². The highest BCUT2D eigenvalue weighted by Gasteiger charge is 2.19. The number of nitrogens with zero attached hydrogens (tertiary/aromatic N) is 2. The molecule has 0 amide bonds. The van der Waals surface area contributed by atoms with Gasteiger partial charge in [0.15, 0.2) is 5.69 Å². The lowest BCUT2D eigenvalue weighted by molar-refractivity contribution is 0.0521. The maximum Gasteiger partial charge on any atom is 0.357 e. The molecule has 0 spiro atoms. The zero-order chi connectivity index (χ0) is 17.0. The van der Waals surface area contributed by atoms with E-state index in [0.717, 1.165) is 35.4 Å². The Morgan fingerprint density at radius 3 is 2.57 bits per heavy atom. The van der Waals surface area contributed by atoms with Gasteiger partial charge in [-0.25, -0.2) is 9.79 Å². The normalized spacial score (nSPS) is 11.8. The Morgan fingerprint density at radius 1 is 1.26 bits per heavy atom. The number of aromatic nitrogens is 1. The maximum atomic E-state index is 12.3. The number of rotatable bonds is 5. The third-order valence-corrected chi connectivity index (χ3v) is 3.90. The van der Waals surface area contributed by atoms with Crippen molar-refractivity contribution in [3.05, 3.63) is 29.5 Å². The number of hydrogen-bond acceptors (Lipinski definition) is 3. The Balaban J connectivity index is 2.62. The highest BCUT2D eigenvalue weighted by molar-refractivity contribution is 6.06. The fourth-order valence-corrected chi connectivity index (χ4v) is 2.67. The summed E-state index contributed by atoms with van der Waals surface area (Å²) in [5.41, 5.74) is 3.10. The van der Waals surface area contributed by atoms with E-state index in [9.17, 15) is 4.79 Å². The summed E-state index contributed by atoms with van der Waals surface area (Å²) in [4.78, 5) is 22.3. The van der Waals surface area contributed by atoms with E-state index >= 15 is 0 Å². The summed E-state index contributed by atoms with van der Waals surface area (Å²) in [7, 11) is 0. The number of aryl methyl sites for hydroxylation is 1. The Kier molecular flexibility index (Phi) is 5.42. The average Bonchev–Trinajstić information content (AvgIpc) is 2.87. The molecule has 23 heavy (non-hydrogen) atoms. The standard InChI is InChI=1S/C18H25N3O2/c1-6-21(7-2)13(5)19-16-14-11-12(4)9-10-15(14)20-17(16)18(22)23-8-3/h9-11,20H,6-8H2,1-5H3. The van der Waals surface area contributed by atoms with Crippen molar-refractivity contribution in [2.24, 2.45) is 4.99 Å². The summed E-state index contributed by atoms with van der Waals surface area (Å²) in [5.74, 6) is 0.524. The molecule has 0 saturated carbocycles. The van der Waals surface area contributed by atoms with Crippen LogP contribution >= 0.6 is 0 Å². The number of carbonyl (C=O) groups excluding carboxylic acids is 1. The molecule has 5 nitrogen and oxygen atoms in total. The summed E-state index contributed by atoms with van der Waals surface area (Å²) < 4.78 is 5.17. The van der Waals surface area contributed by atoms with Gasteiger partial charge < -0.3 is 14.6 Å². The smallest absolute Gasteiger partial charge is 0.357 e. The number of H-pyrrole nitrogens is 1. The number of ether oxygens (including phenoxy) is 1. The molecule has 1 heterocycles. The molecule has 2 aromatic rings. The van der Waals surface area contributed by atoms with Gasteiger partial charge in [0.25, 0.3) is 0 Å². The number of benzene rings is 1. The zero-order valence-electron chi connectivity index (χ0n) is 14.6. The molecule has 0 saturated heterocycles. The van der Waals surface area contributed by atoms with Crippen LogP contribution in [0.2, 0.25) is 0 Å². The molecule has 1 aromatic heterocycles. The van der Waals surface area contributed by atoms with Crippen LogP contribution in [0.25, 0.3) is 10.9 Å². The van der Waals surface area contributed by atoms with Crippen LogP contribution in [-0.4, -0.2) is 41.4 Å². The van der Waals surface area contributed by atoms with Gasteiger partial charge in [0.05, 0.1) is 6.61 Å². The van der Waals surface area contributed by atoms with Crippen LogP contribution in [-0.2, 0) is 4.74 Å². The summed E-state index contributed by atoms with van der Waals surface area (Å²) in [5, 5.41) is 0.944. The third kappa shape index (κ3) is 3.55. The molecule has 124 valence electrons. The number of nitrogens with one attached hydrogen (secondary N) is 1. The quantitative estimate of drug-likeness (QED) is 0.514. The minimum atomic E-state index is -0.368. The molecule has 5 heteroatoms. The van der Waals surface area contributed by atoms with Crippen molar-refractivity contribution in [1.82, 2.24) is 9.88 Å². The van der Waals surface area contributed by atoms with Crippen molar-refractivity contribution >= 4 is 28.4 Å². The van der Waals surface area contributed by atoms with Crippen LogP contribution in [0.5, 0.6) is 0 Å². The molecule has 1 N–H and O–H groups in total. The van der Waals surface area contributed by atoms with Gasteiger partial charge in [-0.05, 0) is 46.8 Å². The monoisotopic (exact) mass is 315 g/mol. The topological polar surface area (TPSA) is 57.7 Å². The highest BCUT2D eigenvalue weighted by atomic mass is 16.5. The molecule has 0 aliphatic heterocycles. The maximum absolute atomic E-state index is 12.3. The first-order valence-corrected chi connectivity index (χ1v) is 8.11. The molecule has 1 aromatic carbocycles. The van der Waals surface area contributed by atoms with Gasteiger partial charge >= 0.3 is 5.97 Å². The molecule has 0 aliphatic carbocycles. The van der Waals surface area contributed by atoms with Gasteiger partial charge in [-0.2, -0.15) is 0 Å². The number of amidine groups is 1. The lowest BCUT2D eigenvalue weighted by Gasteiger charge is -2.20. The van der Waals surface area contributed by atoms with Crippen LogP contribution in [0.4, 0.5) is 5.69 Å². The molecule has 0 aliphatic rings. The van der Waals surface area contributed by atoms with E-state index in [0.29, 0.717) is 18.0 Å². The molecule has 0 radical (unpaired) electrons. The molecule has 0 bridgehead atoms. The Hall–Kier alpha value is -2.30. The zero-order valence-corrected chi connectivity index (χ0v) is 14.6. The van der Waals surface area contributed by atoms with Gasteiger partial charge in [0.2, 0.25) is 0 Å². The van der Waals surface area contributed by atoms with Gasteiger partial charge in [0, 0.05) is 24.0 Å². The minimum absolute atomic E-state index is 0.339.